The topological polar surface area (TPSA) is 46.9 Å². The maximum absolute atomic E-state index is 12.6. The number of benzene rings is 1. The molecule has 1 aromatic heterocycles. The second-order valence-corrected chi connectivity index (χ2v) is 5.14. The molecule has 1 N–H and O–H groups in total. The highest BCUT2D eigenvalue weighted by molar-refractivity contribution is 5.95. The first kappa shape index (κ1) is 14.3. The Hall–Kier alpha value is -2.10. The van der Waals surface area contributed by atoms with Gasteiger partial charge < -0.3 is 5.32 Å². The monoisotopic (exact) mass is 271 g/mol. The molecule has 1 aromatic carbocycles. The number of aromatic nitrogens is 2. The van der Waals surface area contributed by atoms with Crippen molar-refractivity contribution >= 4 is 11.7 Å². The summed E-state index contributed by atoms with van der Waals surface area (Å²) in [6, 6.07) is 11.7. The molecule has 0 bridgehead atoms. The molecule has 0 spiro atoms. The van der Waals surface area contributed by atoms with Crippen LogP contribution in [0, 0.1) is 5.92 Å². The lowest BCUT2D eigenvalue weighted by Crippen LogP contribution is -2.26. The van der Waals surface area contributed by atoms with Crippen molar-refractivity contribution in [3.63, 3.8) is 0 Å². The average molecular weight is 271 g/mol. The van der Waals surface area contributed by atoms with E-state index in [0.717, 1.165) is 12.0 Å². The minimum Gasteiger partial charge on any atom is -0.309 e. The number of rotatable bonds is 5. The molecular formula is C16H21N3O. The van der Waals surface area contributed by atoms with Crippen molar-refractivity contribution in [3.05, 3.63) is 48.2 Å². The van der Waals surface area contributed by atoms with Crippen LogP contribution >= 0.6 is 0 Å². The first-order valence-electron chi connectivity index (χ1n) is 6.97. The van der Waals surface area contributed by atoms with Crippen LogP contribution in [0.5, 0.6) is 0 Å². The van der Waals surface area contributed by atoms with Gasteiger partial charge in [0.25, 0.3) is 0 Å². The highest BCUT2D eigenvalue weighted by atomic mass is 16.2. The molecule has 106 valence electrons. The van der Waals surface area contributed by atoms with Gasteiger partial charge in [-0.3, -0.25) is 9.48 Å². The van der Waals surface area contributed by atoms with Gasteiger partial charge in [0.2, 0.25) is 5.91 Å². The van der Waals surface area contributed by atoms with E-state index in [4.69, 9.17) is 0 Å². The maximum atomic E-state index is 12.6. The summed E-state index contributed by atoms with van der Waals surface area (Å²) in [7, 11) is 1.83. The summed E-state index contributed by atoms with van der Waals surface area (Å²) in [4.78, 5) is 12.6. The number of hydrogen-bond acceptors (Lipinski definition) is 2. The van der Waals surface area contributed by atoms with Crippen molar-refractivity contribution < 1.29 is 4.79 Å². The second kappa shape index (κ2) is 6.37. The normalized spacial score (nSPS) is 13.8. The largest absolute Gasteiger partial charge is 0.309 e. The zero-order chi connectivity index (χ0) is 14.5. The fourth-order valence-corrected chi connectivity index (χ4v) is 2.32. The summed E-state index contributed by atoms with van der Waals surface area (Å²) in [5.41, 5.74) is 1.05. The van der Waals surface area contributed by atoms with Crippen LogP contribution in [0.1, 0.15) is 31.7 Å². The van der Waals surface area contributed by atoms with Crippen LogP contribution in [0.4, 0.5) is 5.82 Å². The molecule has 0 aliphatic carbocycles. The molecule has 2 atom stereocenters. The van der Waals surface area contributed by atoms with E-state index < -0.39 is 0 Å². The van der Waals surface area contributed by atoms with Crippen LogP contribution in [-0.4, -0.2) is 15.7 Å². The van der Waals surface area contributed by atoms with Gasteiger partial charge in [0.05, 0.1) is 5.92 Å². The lowest BCUT2D eigenvalue weighted by molar-refractivity contribution is -0.118. The highest BCUT2D eigenvalue weighted by Gasteiger charge is 2.26. The van der Waals surface area contributed by atoms with E-state index in [9.17, 15) is 4.79 Å². The molecular weight excluding hydrogens is 250 g/mol. The van der Waals surface area contributed by atoms with Gasteiger partial charge in [-0.15, -0.1) is 0 Å². The number of anilines is 1. The Morgan fingerprint density at radius 2 is 2.00 bits per heavy atom. The molecule has 0 unspecified atom stereocenters. The molecule has 0 radical (unpaired) electrons. The Labute approximate surface area is 119 Å². The molecule has 0 saturated heterocycles. The Morgan fingerprint density at radius 3 is 2.55 bits per heavy atom. The molecule has 2 aromatic rings. The third kappa shape index (κ3) is 3.26. The summed E-state index contributed by atoms with van der Waals surface area (Å²) in [6.07, 6.45) is 2.77. The van der Waals surface area contributed by atoms with Gasteiger partial charge in [0, 0.05) is 19.3 Å². The van der Waals surface area contributed by atoms with E-state index in [0.29, 0.717) is 5.82 Å². The van der Waals surface area contributed by atoms with Crippen molar-refractivity contribution in [2.45, 2.75) is 26.2 Å². The molecule has 0 aliphatic heterocycles. The van der Waals surface area contributed by atoms with Crippen molar-refractivity contribution in [1.29, 1.82) is 0 Å². The first-order valence-corrected chi connectivity index (χ1v) is 6.97. The number of carbonyl (C=O) groups excluding carboxylic acids is 1. The molecule has 4 nitrogen and oxygen atoms in total. The van der Waals surface area contributed by atoms with E-state index in [2.05, 4.69) is 24.3 Å². The molecule has 20 heavy (non-hydrogen) atoms. The van der Waals surface area contributed by atoms with Gasteiger partial charge in [0.1, 0.15) is 0 Å². The van der Waals surface area contributed by atoms with Gasteiger partial charge in [-0.05, 0) is 11.5 Å². The van der Waals surface area contributed by atoms with Crippen molar-refractivity contribution in [2.75, 3.05) is 5.32 Å². The van der Waals surface area contributed by atoms with Crippen LogP contribution in [0.15, 0.2) is 42.6 Å². The van der Waals surface area contributed by atoms with Gasteiger partial charge in [0.15, 0.2) is 5.82 Å². The van der Waals surface area contributed by atoms with Crippen LogP contribution in [-0.2, 0) is 11.8 Å². The lowest BCUT2D eigenvalue weighted by atomic mass is 9.85. The first-order chi connectivity index (χ1) is 9.61. The van der Waals surface area contributed by atoms with Crippen molar-refractivity contribution in [3.8, 4) is 0 Å². The van der Waals surface area contributed by atoms with E-state index in [-0.39, 0.29) is 17.7 Å². The Balaban J connectivity index is 2.20. The van der Waals surface area contributed by atoms with E-state index in [1.807, 2.05) is 43.6 Å². The summed E-state index contributed by atoms with van der Waals surface area (Å²) in [5, 5.41) is 7.10. The molecule has 0 aliphatic rings. The van der Waals surface area contributed by atoms with Crippen molar-refractivity contribution in [2.24, 2.45) is 13.0 Å². The van der Waals surface area contributed by atoms with Crippen LogP contribution in [0.25, 0.3) is 0 Å². The Kier molecular flexibility index (Phi) is 4.56. The molecule has 1 amide bonds. The molecule has 2 rings (SSSR count). The summed E-state index contributed by atoms with van der Waals surface area (Å²) < 4.78 is 1.68. The fraction of sp³-hybridized carbons (Fsp3) is 0.375. The van der Waals surface area contributed by atoms with Gasteiger partial charge in [-0.1, -0.05) is 50.6 Å². The van der Waals surface area contributed by atoms with E-state index in [1.54, 1.807) is 10.7 Å². The third-order valence-electron chi connectivity index (χ3n) is 3.62. The number of aryl methyl sites for hydroxylation is 1. The van der Waals surface area contributed by atoms with Crippen LogP contribution in [0.2, 0.25) is 0 Å². The van der Waals surface area contributed by atoms with Crippen LogP contribution in [0.3, 0.4) is 0 Å². The number of nitrogens with one attached hydrogen (secondary N) is 1. The molecule has 4 heteroatoms. The Morgan fingerprint density at radius 1 is 1.30 bits per heavy atom. The average Bonchev–Trinajstić information content (AvgIpc) is 2.85. The van der Waals surface area contributed by atoms with E-state index in [1.165, 1.54) is 0 Å². The highest BCUT2D eigenvalue weighted by Crippen LogP contribution is 2.28. The SMILES string of the molecule is CC[C@H](C)[C@H](C(=O)Nc1ccn(C)n1)c1ccccc1. The predicted molar refractivity (Wildman–Crippen MR) is 80.5 cm³/mol. The van der Waals surface area contributed by atoms with Crippen molar-refractivity contribution in [1.82, 2.24) is 9.78 Å². The fourth-order valence-electron chi connectivity index (χ4n) is 2.32. The smallest absolute Gasteiger partial charge is 0.233 e. The number of carbonyl (C=O) groups is 1. The zero-order valence-corrected chi connectivity index (χ0v) is 12.2. The lowest BCUT2D eigenvalue weighted by Gasteiger charge is -2.22. The minimum atomic E-state index is -0.150. The minimum absolute atomic E-state index is 0.00394. The number of amides is 1. The Bertz CT molecular complexity index is 562. The van der Waals surface area contributed by atoms with Crippen LogP contribution < -0.4 is 5.32 Å². The summed E-state index contributed by atoms with van der Waals surface area (Å²) in [5.74, 6) is 0.732. The second-order valence-electron chi connectivity index (χ2n) is 5.14. The van der Waals surface area contributed by atoms with Gasteiger partial charge >= 0.3 is 0 Å². The maximum Gasteiger partial charge on any atom is 0.233 e. The molecule has 0 fully saturated rings. The standard InChI is InChI=1S/C16H21N3O/c1-4-12(2)15(13-8-6-5-7-9-13)16(20)17-14-10-11-19(3)18-14/h5-12,15H,4H2,1-3H3,(H,17,18,20)/t12-,15-/m0/s1. The van der Waals surface area contributed by atoms with E-state index >= 15 is 0 Å². The summed E-state index contributed by atoms with van der Waals surface area (Å²) in [6.45, 7) is 4.21. The number of nitrogens with zero attached hydrogens (tertiary/aromatic N) is 2. The van der Waals surface area contributed by atoms with Gasteiger partial charge in [-0.2, -0.15) is 5.10 Å². The zero-order valence-electron chi connectivity index (χ0n) is 12.2. The third-order valence-corrected chi connectivity index (χ3v) is 3.62. The quantitative estimate of drug-likeness (QED) is 0.907. The summed E-state index contributed by atoms with van der Waals surface area (Å²) >= 11 is 0. The predicted octanol–water partition coefficient (Wildman–Crippen LogP) is 3.19. The molecule has 1 heterocycles. The molecule has 0 saturated carbocycles. The van der Waals surface area contributed by atoms with Gasteiger partial charge in [-0.25, -0.2) is 0 Å². The number of hydrogen-bond donors (Lipinski definition) is 1.